The van der Waals surface area contributed by atoms with E-state index in [0.717, 1.165) is 16.0 Å². The highest BCUT2D eigenvalue weighted by atomic mass is 32.1. The van der Waals surface area contributed by atoms with Crippen LogP contribution in [0.2, 0.25) is 0 Å². The molecule has 0 unspecified atom stereocenters. The van der Waals surface area contributed by atoms with Gasteiger partial charge < -0.3 is 0 Å². The van der Waals surface area contributed by atoms with Crippen molar-refractivity contribution in [1.29, 1.82) is 0 Å². The molecule has 1 aromatic heterocycles. The second-order valence-corrected chi connectivity index (χ2v) is 6.16. The predicted octanol–water partition coefficient (Wildman–Crippen LogP) is 4.10. The highest BCUT2D eigenvalue weighted by Crippen LogP contribution is 2.17. The van der Waals surface area contributed by atoms with Crippen LogP contribution in [0, 0.1) is 18.8 Å². The fourth-order valence-electron chi connectivity index (χ4n) is 1.95. The summed E-state index contributed by atoms with van der Waals surface area (Å²) in [6.45, 7) is 1.95. The number of nitrogens with zero attached hydrogens (tertiary/aromatic N) is 1. The van der Waals surface area contributed by atoms with E-state index < -0.39 is 0 Å². The minimum absolute atomic E-state index is 0.165. The lowest BCUT2D eigenvalue weighted by Crippen LogP contribution is -2.11. The molecule has 0 saturated heterocycles. The molecule has 3 rings (SSSR count). The first-order valence-electron chi connectivity index (χ1n) is 7.11. The van der Waals surface area contributed by atoms with Gasteiger partial charge >= 0.3 is 0 Å². The first-order valence-corrected chi connectivity index (χ1v) is 7.93. The summed E-state index contributed by atoms with van der Waals surface area (Å²) in [6.07, 6.45) is 1.74. The number of thiazole rings is 1. The normalized spacial score (nSPS) is 9.78. The first-order chi connectivity index (χ1) is 11.2. The molecule has 2 aromatic carbocycles. The Morgan fingerprint density at radius 2 is 1.65 bits per heavy atom. The van der Waals surface area contributed by atoms with Gasteiger partial charge in [0.05, 0.1) is 0 Å². The summed E-state index contributed by atoms with van der Waals surface area (Å²) in [7, 11) is 0. The molecule has 1 N–H and O–H groups in total. The van der Waals surface area contributed by atoms with Gasteiger partial charge in [-0.3, -0.25) is 10.1 Å². The maximum atomic E-state index is 12.1. The van der Waals surface area contributed by atoms with Crippen LogP contribution in [0.15, 0.2) is 60.8 Å². The van der Waals surface area contributed by atoms with Crippen molar-refractivity contribution in [3.8, 4) is 11.8 Å². The maximum Gasteiger partial charge on any atom is 0.257 e. The van der Waals surface area contributed by atoms with Gasteiger partial charge in [-0.25, -0.2) is 4.98 Å². The molecule has 0 aliphatic rings. The third-order valence-electron chi connectivity index (χ3n) is 3.11. The third-order valence-corrected chi connectivity index (χ3v) is 3.94. The predicted molar refractivity (Wildman–Crippen MR) is 93.7 cm³/mol. The second kappa shape index (κ2) is 6.91. The molecule has 0 saturated carbocycles. The summed E-state index contributed by atoms with van der Waals surface area (Å²) in [5, 5.41) is 3.40. The Hall–Kier alpha value is -2.90. The van der Waals surface area contributed by atoms with Crippen molar-refractivity contribution in [2.24, 2.45) is 0 Å². The van der Waals surface area contributed by atoms with Crippen molar-refractivity contribution in [2.45, 2.75) is 6.92 Å². The zero-order chi connectivity index (χ0) is 16.1. The van der Waals surface area contributed by atoms with Gasteiger partial charge in [0.25, 0.3) is 5.91 Å². The monoisotopic (exact) mass is 318 g/mol. The summed E-state index contributed by atoms with van der Waals surface area (Å²) in [5.41, 5.74) is 2.42. The van der Waals surface area contributed by atoms with Crippen LogP contribution in [0.4, 0.5) is 5.13 Å². The smallest absolute Gasteiger partial charge is 0.257 e. The lowest BCUT2D eigenvalue weighted by molar-refractivity contribution is 0.102. The lowest BCUT2D eigenvalue weighted by atomic mass is 10.1. The zero-order valence-electron chi connectivity index (χ0n) is 12.5. The summed E-state index contributed by atoms with van der Waals surface area (Å²) in [6, 6.07) is 17.0. The second-order valence-electron chi connectivity index (χ2n) is 4.92. The van der Waals surface area contributed by atoms with E-state index in [4.69, 9.17) is 0 Å². The number of aromatic nitrogens is 1. The average molecular weight is 318 g/mol. The molecule has 4 heteroatoms. The largest absolute Gasteiger partial charge is 0.298 e. The molecule has 0 bridgehead atoms. The SMILES string of the molecule is Cc1cnc(NC(=O)c2ccc(C#Cc3ccccc3)cc2)s1. The Morgan fingerprint density at radius 3 is 2.26 bits per heavy atom. The topological polar surface area (TPSA) is 42.0 Å². The van der Waals surface area contributed by atoms with E-state index in [0.29, 0.717) is 10.7 Å². The van der Waals surface area contributed by atoms with Gasteiger partial charge in [0.1, 0.15) is 0 Å². The number of aryl methyl sites for hydroxylation is 1. The summed E-state index contributed by atoms with van der Waals surface area (Å²) in [4.78, 5) is 17.3. The van der Waals surface area contributed by atoms with E-state index in [1.54, 1.807) is 18.3 Å². The average Bonchev–Trinajstić information content (AvgIpc) is 2.99. The molecule has 0 radical (unpaired) electrons. The number of rotatable bonds is 2. The minimum Gasteiger partial charge on any atom is -0.298 e. The number of nitrogens with one attached hydrogen (secondary N) is 1. The lowest BCUT2D eigenvalue weighted by Gasteiger charge is -2.01. The van der Waals surface area contributed by atoms with Gasteiger partial charge in [0, 0.05) is 27.8 Å². The van der Waals surface area contributed by atoms with E-state index in [2.05, 4.69) is 22.1 Å². The molecular weight excluding hydrogens is 304 g/mol. The number of hydrogen-bond donors (Lipinski definition) is 1. The number of carbonyl (C=O) groups is 1. The minimum atomic E-state index is -0.165. The van der Waals surface area contributed by atoms with Gasteiger partial charge in [-0.15, -0.1) is 11.3 Å². The van der Waals surface area contributed by atoms with Crippen molar-refractivity contribution in [3.63, 3.8) is 0 Å². The molecule has 3 aromatic rings. The number of benzene rings is 2. The molecule has 0 atom stereocenters. The van der Waals surface area contributed by atoms with Crippen molar-refractivity contribution in [2.75, 3.05) is 5.32 Å². The van der Waals surface area contributed by atoms with E-state index in [9.17, 15) is 4.79 Å². The van der Waals surface area contributed by atoms with Gasteiger partial charge in [-0.2, -0.15) is 0 Å². The van der Waals surface area contributed by atoms with Crippen LogP contribution in [-0.2, 0) is 0 Å². The molecular formula is C19H14N2OS. The van der Waals surface area contributed by atoms with E-state index in [1.807, 2.05) is 49.4 Å². The number of anilines is 1. The van der Waals surface area contributed by atoms with Gasteiger partial charge in [0.15, 0.2) is 5.13 Å². The van der Waals surface area contributed by atoms with Crippen LogP contribution < -0.4 is 5.32 Å². The van der Waals surface area contributed by atoms with Crippen LogP contribution in [0.1, 0.15) is 26.4 Å². The van der Waals surface area contributed by atoms with Crippen LogP contribution >= 0.6 is 11.3 Å². The number of carbonyl (C=O) groups excluding carboxylic acids is 1. The Labute approximate surface area is 139 Å². The van der Waals surface area contributed by atoms with Crippen LogP contribution in [0.25, 0.3) is 0 Å². The zero-order valence-corrected chi connectivity index (χ0v) is 13.4. The fraction of sp³-hybridized carbons (Fsp3) is 0.0526. The molecule has 1 amide bonds. The molecule has 0 fully saturated rings. The Balaban J connectivity index is 1.69. The summed E-state index contributed by atoms with van der Waals surface area (Å²) in [5.74, 6) is 6.02. The van der Waals surface area contributed by atoms with Crippen molar-refractivity contribution < 1.29 is 4.79 Å². The molecule has 112 valence electrons. The Bertz CT molecular complexity index is 871. The standard InChI is InChI=1S/C19H14N2OS/c1-14-13-20-19(23-14)21-18(22)17-11-9-16(10-12-17)8-7-15-5-3-2-4-6-15/h2-6,9-13H,1H3,(H,20,21,22). The maximum absolute atomic E-state index is 12.1. The number of amides is 1. The first kappa shape index (κ1) is 15.0. The van der Waals surface area contributed by atoms with Crippen LogP contribution in [0.5, 0.6) is 0 Å². The van der Waals surface area contributed by atoms with Gasteiger partial charge in [-0.1, -0.05) is 30.0 Å². The van der Waals surface area contributed by atoms with Crippen LogP contribution in [-0.4, -0.2) is 10.9 Å². The molecule has 0 aliphatic carbocycles. The Kier molecular flexibility index (Phi) is 4.51. The fourth-order valence-corrected chi connectivity index (χ4v) is 2.61. The number of hydrogen-bond acceptors (Lipinski definition) is 3. The van der Waals surface area contributed by atoms with Crippen molar-refractivity contribution in [1.82, 2.24) is 4.98 Å². The molecule has 1 heterocycles. The molecule has 23 heavy (non-hydrogen) atoms. The van der Waals surface area contributed by atoms with Crippen molar-refractivity contribution in [3.05, 3.63) is 82.4 Å². The van der Waals surface area contributed by atoms with E-state index >= 15 is 0 Å². The summed E-state index contributed by atoms with van der Waals surface area (Å²) < 4.78 is 0. The van der Waals surface area contributed by atoms with E-state index in [-0.39, 0.29) is 5.91 Å². The van der Waals surface area contributed by atoms with Crippen LogP contribution in [0.3, 0.4) is 0 Å². The molecule has 3 nitrogen and oxygen atoms in total. The highest BCUT2D eigenvalue weighted by Gasteiger charge is 2.07. The summed E-state index contributed by atoms with van der Waals surface area (Å²) >= 11 is 1.45. The Morgan fingerprint density at radius 1 is 1.00 bits per heavy atom. The highest BCUT2D eigenvalue weighted by molar-refractivity contribution is 7.15. The van der Waals surface area contributed by atoms with Gasteiger partial charge in [-0.05, 0) is 43.3 Å². The quantitative estimate of drug-likeness (QED) is 0.723. The van der Waals surface area contributed by atoms with Gasteiger partial charge in [0.2, 0.25) is 0 Å². The van der Waals surface area contributed by atoms with Crippen molar-refractivity contribution >= 4 is 22.4 Å². The molecule has 0 aliphatic heterocycles. The van der Waals surface area contributed by atoms with E-state index in [1.165, 1.54) is 11.3 Å². The molecule has 0 spiro atoms. The third kappa shape index (κ3) is 4.06.